The fraction of sp³-hybridized carbons (Fsp3) is 0.625. The molecule has 1 saturated carbocycles. The molecule has 122 valence electrons. The molecular weight excluding hydrogens is 297 g/mol. The first-order valence-electron chi connectivity index (χ1n) is 7.53. The fourth-order valence-corrected chi connectivity index (χ4v) is 3.35. The molecule has 2 fully saturated rings. The molecule has 3 rings (SSSR count). The second kappa shape index (κ2) is 5.83. The van der Waals surface area contributed by atoms with Crippen molar-refractivity contribution in [1.82, 2.24) is 0 Å². The standard InChI is InChI=1S/C16H19F3O3/c17-16(18,19)13-3-1-2-12(10-13)14(20)11-4-6-15(7-5-11)21-8-9-22-15/h1-3,10-11,14,20H,4-9H2. The summed E-state index contributed by atoms with van der Waals surface area (Å²) >= 11 is 0. The second-order valence-corrected chi connectivity index (χ2v) is 6.01. The highest BCUT2D eigenvalue weighted by Gasteiger charge is 2.42. The van der Waals surface area contributed by atoms with Gasteiger partial charge in [0.05, 0.1) is 24.9 Å². The Kier molecular flexibility index (Phi) is 4.18. The van der Waals surface area contributed by atoms with Gasteiger partial charge in [-0.15, -0.1) is 0 Å². The second-order valence-electron chi connectivity index (χ2n) is 6.01. The van der Waals surface area contributed by atoms with Crippen LogP contribution in [0.2, 0.25) is 0 Å². The van der Waals surface area contributed by atoms with E-state index in [0.29, 0.717) is 44.5 Å². The van der Waals surface area contributed by atoms with Crippen LogP contribution < -0.4 is 0 Å². The Morgan fingerprint density at radius 3 is 2.36 bits per heavy atom. The number of aliphatic hydroxyl groups excluding tert-OH is 1. The molecule has 1 atom stereocenters. The molecule has 0 amide bonds. The van der Waals surface area contributed by atoms with Crippen molar-refractivity contribution in [2.45, 2.75) is 43.8 Å². The van der Waals surface area contributed by atoms with E-state index in [1.54, 1.807) is 6.07 Å². The van der Waals surface area contributed by atoms with E-state index in [1.807, 2.05) is 0 Å². The zero-order valence-corrected chi connectivity index (χ0v) is 12.1. The van der Waals surface area contributed by atoms with Crippen molar-refractivity contribution in [3.8, 4) is 0 Å². The van der Waals surface area contributed by atoms with Gasteiger partial charge in [0, 0.05) is 12.8 Å². The van der Waals surface area contributed by atoms with Gasteiger partial charge in [0.1, 0.15) is 0 Å². The van der Waals surface area contributed by atoms with Crippen LogP contribution >= 0.6 is 0 Å². The topological polar surface area (TPSA) is 38.7 Å². The number of hydrogen-bond donors (Lipinski definition) is 1. The molecule has 1 aliphatic carbocycles. The average molecular weight is 316 g/mol. The molecule has 22 heavy (non-hydrogen) atoms. The van der Waals surface area contributed by atoms with E-state index >= 15 is 0 Å². The summed E-state index contributed by atoms with van der Waals surface area (Å²) in [4.78, 5) is 0. The molecule has 1 spiro atoms. The number of ether oxygens (including phenoxy) is 2. The quantitative estimate of drug-likeness (QED) is 0.905. The Bertz CT molecular complexity index is 514. The third-order valence-corrected chi connectivity index (χ3v) is 4.61. The lowest BCUT2D eigenvalue weighted by Crippen LogP contribution is -2.36. The monoisotopic (exact) mass is 316 g/mol. The summed E-state index contributed by atoms with van der Waals surface area (Å²) < 4.78 is 49.5. The third kappa shape index (κ3) is 3.14. The molecule has 0 bridgehead atoms. The highest BCUT2D eigenvalue weighted by atomic mass is 19.4. The number of rotatable bonds is 2. The Balaban J connectivity index is 1.68. The van der Waals surface area contributed by atoms with Crippen molar-refractivity contribution in [2.75, 3.05) is 13.2 Å². The van der Waals surface area contributed by atoms with Crippen molar-refractivity contribution in [1.29, 1.82) is 0 Å². The van der Waals surface area contributed by atoms with Gasteiger partial charge in [0.25, 0.3) is 0 Å². The van der Waals surface area contributed by atoms with E-state index in [4.69, 9.17) is 9.47 Å². The van der Waals surface area contributed by atoms with Gasteiger partial charge in [0.2, 0.25) is 0 Å². The first kappa shape index (κ1) is 15.8. The van der Waals surface area contributed by atoms with Crippen LogP contribution in [0.5, 0.6) is 0 Å². The van der Waals surface area contributed by atoms with Gasteiger partial charge >= 0.3 is 6.18 Å². The molecule has 1 unspecified atom stereocenters. The predicted molar refractivity (Wildman–Crippen MR) is 73.0 cm³/mol. The number of benzene rings is 1. The molecule has 1 aliphatic heterocycles. The number of hydrogen-bond acceptors (Lipinski definition) is 3. The van der Waals surface area contributed by atoms with Crippen LogP contribution in [-0.2, 0) is 15.7 Å². The summed E-state index contributed by atoms with van der Waals surface area (Å²) in [5, 5.41) is 10.4. The van der Waals surface area contributed by atoms with E-state index in [-0.39, 0.29) is 5.92 Å². The molecular formula is C16H19F3O3. The van der Waals surface area contributed by atoms with Gasteiger partial charge in [-0.3, -0.25) is 0 Å². The summed E-state index contributed by atoms with van der Waals surface area (Å²) in [5.41, 5.74) is -0.400. The Morgan fingerprint density at radius 2 is 1.77 bits per heavy atom. The average Bonchev–Trinajstić information content (AvgIpc) is 2.95. The molecule has 2 aliphatic rings. The fourth-order valence-electron chi connectivity index (χ4n) is 3.35. The zero-order chi connectivity index (χ0) is 15.8. The maximum absolute atomic E-state index is 12.8. The minimum atomic E-state index is -4.39. The SMILES string of the molecule is OC(c1cccc(C(F)(F)F)c1)C1CCC2(CC1)OCCO2. The van der Waals surface area contributed by atoms with Crippen molar-refractivity contribution < 1.29 is 27.8 Å². The summed E-state index contributed by atoms with van der Waals surface area (Å²) in [7, 11) is 0. The largest absolute Gasteiger partial charge is 0.416 e. The normalized spacial score (nSPS) is 23.8. The molecule has 0 aromatic heterocycles. The number of alkyl halides is 3. The van der Waals surface area contributed by atoms with Crippen LogP contribution in [0.4, 0.5) is 13.2 Å². The first-order chi connectivity index (χ1) is 10.4. The predicted octanol–water partition coefficient (Wildman–Crippen LogP) is 3.67. The molecule has 1 aromatic rings. The minimum Gasteiger partial charge on any atom is -0.388 e. The Labute approximate surface area is 127 Å². The molecule has 3 nitrogen and oxygen atoms in total. The Hall–Kier alpha value is -1.11. The summed E-state index contributed by atoms with van der Waals surface area (Å²) in [6, 6.07) is 4.95. The van der Waals surface area contributed by atoms with Crippen LogP contribution in [0.1, 0.15) is 42.9 Å². The molecule has 0 radical (unpaired) electrons. The smallest absolute Gasteiger partial charge is 0.388 e. The molecule has 1 saturated heterocycles. The highest BCUT2D eigenvalue weighted by Crippen LogP contribution is 2.43. The zero-order valence-electron chi connectivity index (χ0n) is 12.1. The van der Waals surface area contributed by atoms with Gasteiger partial charge < -0.3 is 14.6 Å². The minimum absolute atomic E-state index is 0.0677. The molecule has 6 heteroatoms. The van der Waals surface area contributed by atoms with Gasteiger partial charge in [-0.1, -0.05) is 12.1 Å². The third-order valence-electron chi connectivity index (χ3n) is 4.61. The van der Waals surface area contributed by atoms with Crippen molar-refractivity contribution in [3.05, 3.63) is 35.4 Å². The van der Waals surface area contributed by atoms with Crippen molar-refractivity contribution >= 4 is 0 Å². The van der Waals surface area contributed by atoms with Crippen LogP contribution in [0.15, 0.2) is 24.3 Å². The van der Waals surface area contributed by atoms with Crippen LogP contribution in [-0.4, -0.2) is 24.1 Å². The van der Waals surface area contributed by atoms with Crippen LogP contribution in [0.3, 0.4) is 0 Å². The van der Waals surface area contributed by atoms with Crippen LogP contribution in [0.25, 0.3) is 0 Å². The maximum atomic E-state index is 12.8. The van der Waals surface area contributed by atoms with Crippen LogP contribution in [0, 0.1) is 5.92 Å². The van der Waals surface area contributed by atoms with Gasteiger partial charge in [-0.05, 0) is 36.5 Å². The van der Waals surface area contributed by atoms with E-state index < -0.39 is 23.6 Å². The van der Waals surface area contributed by atoms with Crippen molar-refractivity contribution in [2.24, 2.45) is 5.92 Å². The number of aliphatic hydroxyl groups is 1. The maximum Gasteiger partial charge on any atom is 0.416 e. The summed E-state index contributed by atoms with van der Waals surface area (Å²) in [6.45, 7) is 1.17. The summed E-state index contributed by atoms with van der Waals surface area (Å²) in [5.74, 6) is -0.591. The van der Waals surface area contributed by atoms with Crippen molar-refractivity contribution in [3.63, 3.8) is 0 Å². The lowest BCUT2D eigenvalue weighted by atomic mass is 9.80. The van der Waals surface area contributed by atoms with E-state index in [0.717, 1.165) is 12.1 Å². The van der Waals surface area contributed by atoms with Gasteiger partial charge in [-0.2, -0.15) is 13.2 Å². The Morgan fingerprint density at radius 1 is 1.14 bits per heavy atom. The van der Waals surface area contributed by atoms with Gasteiger partial charge in [0.15, 0.2) is 5.79 Å². The van der Waals surface area contributed by atoms with Gasteiger partial charge in [-0.25, -0.2) is 0 Å². The summed E-state index contributed by atoms with van der Waals surface area (Å²) in [6.07, 6.45) is -2.57. The first-order valence-corrected chi connectivity index (χ1v) is 7.53. The highest BCUT2D eigenvalue weighted by molar-refractivity contribution is 5.27. The molecule has 1 N–H and O–H groups in total. The number of halogens is 3. The van der Waals surface area contributed by atoms with E-state index in [1.165, 1.54) is 6.07 Å². The lowest BCUT2D eigenvalue weighted by molar-refractivity contribution is -0.187. The lowest BCUT2D eigenvalue weighted by Gasteiger charge is -2.37. The molecule has 1 heterocycles. The van der Waals surface area contributed by atoms with E-state index in [9.17, 15) is 18.3 Å². The van der Waals surface area contributed by atoms with E-state index in [2.05, 4.69) is 0 Å². The molecule has 1 aromatic carbocycles.